The third-order valence-corrected chi connectivity index (χ3v) is 7.42. The number of hydrogen-bond acceptors (Lipinski definition) is 5. The van der Waals surface area contributed by atoms with Crippen LogP contribution in [0, 0.1) is 29.1 Å². The summed E-state index contributed by atoms with van der Waals surface area (Å²) in [6.45, 7) is -0.271. The zero-order chi connectivity index (χ0) is 18.1. The van der Waals surface area contributed by atoms with Gasteiger partial charge >= 0.3 is 5.97 Å². The maximum Gasteiger partial charge on any atom is 0.306 e. The van der Waals surface area contributed by atoms with Crippen molar-refractivity contribution in [2.24, 2.45) is 17.8 Å². The molecule has 4 rings (SSSR count). The van der Waals surface area contributed by atoms with Crippen LogP contribution < -0.4 is 5.32 Å². The van der Waals surface area contributed by atoms with Crippen LogP contribution in [-0.2, 0) is 27.2 Å². The first-order valence-electron chi connectivity index (χ1n) is 9.64. The molecule has 0 aromatic carbocycles. The van der Waals surface area contributed by atoms with Crippen molar-refractivity contribution in [2.75, 3.05) is 11.9 Å². The fourth-order valence-electron chi connectivity index (χ4n) is 4.98. The molecule has 1 amide bonds. The second kappa shape index (κ2) is 7.40. The molecule has 0 saturated heterocycles. The summed E-state index contributed by atoms with van der Waals surface area (Å²) in [5.74, 6) is 1.29. The monoisotopic (exact) mass is 372 g/mol. The third-order valence-electron chi connectivity index (χ3n) is 6.21. The molecular formula is C20H24N2O3S. The number of hydrogen-bond donors (Lipinski definition) is 1. The number of nitrogens with zero attached hydrogens (tertiary/aromatic N) is 1. The van der Waals surface area contributed by atoms with Gasteiger partial charge in [-0.15, -0.1) is 11.3 Å². The molecule has 1 heterocycles. The van der Waals surface area contributed by atoms with E-state index in [1.165, 1.54) is 35.5 Å². The SMILES string of the molecule is N#Cc1c(NC(=O)COC(=O)C[C@@H]2C[C@H]3CC[C@@H]2C3)sc2c1CCCC2. The summed E-state index contributed by atoms with van der Waals surface area (Å²) in [5.41, 5.74) is 1.68. The van der Waals surface area contributed by atoms with E-state index in [1.54, 1.807) is 0 Å². The lowest BCUT2D eigenvalue weighted by Gasteiger charge is -2.20. The van der Waals surface area contributed by atoms with Gasteiger partial charge in [0, 0.05) is 11.3 Å². The van der Waals surface area contributed by atoms with E-state index in [1.807, 2.05) is 0 Å². The maximum absolute atomic E-state index is 12.2. The number of amides is 1. The fraction of sp³-hybridized carbons (Fsp3) is 0.650. The van der Waals surface area contributed by atoms with E-state index in [9.17, 15) is 14.9 Å². The van der Waals surface area contributed by atoms with Gasteiger partial charge in [-0.3, -0.25) is 9.59 Å². The van der Waals surface area contributed by atoms with E-state index < -0.39 is 0 Å². The van der Waals surface area contributed by atoms with Crippen LogP contribution in [0.5, 0.6) is 0 Å². The molecule has 0 radical (unpaired) electrons. The molecule has 1 aromatic rings. The van der Waals surface area contributed by atoms with Crippen LogP contribution >= 0.6 is 11.3 Å². The molecule has 5 nitrogen and oxygen atoms in total. The Bertz CT molecular complexity index is 764. The van der Waals surface area contributed by atoms with Crippen molar-refractivity contribution in [3.05, 3.63) is 16.0 Å². The van der Waals surface area contributed by atoms with Crippen molar-refractivity contribution < 1.29 is 14.3 Å². The molecule has 2 fully saturated rings. The average Bonchev–Trinajstić information content (AvgIpc) is 3.33. The number of nitriles is 1. The Hall–Kier alpha value is -1.87. The van der Waals surface area contributed by atoms with Gasteiger partial charge in [0.1, 0.15) is 11.1 Å². The van der Waals surface area contributed by atoms with Crippen LogP contribution in [0.2, 0.25) is 0 Å². The normalized spacial score (nSPS) is 26.2. The molecule has 0 aliphatic heterocycles. The van der Waals surface area contributed by atoms with Crippen LogP contribution in [-0.4, -0.2) is 18.5 Å². The Labute approximate surface area is 157 Å². The molecule has 2 bridgehead atoms. The standard InChI is InChI=1S/C20H24N2O3S/c21-10-16-15-3-1-2-4-17(15)26-20(16)22-18(23)11-25-19(24)9-14-8-12-5-6-13(14)7-12/h12-14H,1-9,11H2,(H,22,23)/t12-,13+,14-/m0/s1. The van der Waals surface area contributed by atoms with E-state index in [0.717, 1.165) is 43.6 Å². The van der Waals surface area contributed by atoms with Crippen molar-refractivity contribution in [3.8, 4) is 6.07 Å². The van der Waals surface area contributed by atoms with Crippen molar-refractivity contribution in [1.29, 1.82) is 5.26 Å². The smallest absolute Gasteiger partial charge is 0.306 e. The second-order valence-corrected chi connectivity index (χ2v) is 8.98. The summed E-state index contributed by atoms with van der Waals surface area (Å²) in [6, 6.07) is 2.23. The Morgan fingerprint density at radius 2 is 2.08 bits per heavy atom. The van der Waals surface area contributed by atoms with E-state index in [4.69, 9.17) is 4.74 Å². The minimum atomic E-state index is -0.360. The van der Waals surface area contributed by atoms with Crippen molar-refractivity contribution in [1.82, 2.24) is 0 Å². The first-order chi connectivity index (χ1) is 12.6. The van der Waals surface area contributed by atoms with E-state index in [-0.39, 0.29) is 18.5 Å². The number of ether oxygens (including phenoxy) is 1. The predicted molar refractivity (Wildman–Crippen MR) is 98.8 cm³/mol. The number of nitrogens with one attached hydrogen (secondary N) is 1. The first kappa shape index (κ1) is 17.5. The molecule has 3 atom stereocenters. The third kappa shape index (κ3) is 3.50. The molecule has 1 N–H and O–H groups in total. The minimum absolute atomic E-state index is 0.271. The summed E-state index contributed by atoms with van der Waals surface area (Å²) >= 11 is 1.49. The molecule has 26 heavy (non-hydrogen) atoms. The first-order valence-corrected chi connectivity index (χ1v) is 10.5. The van der Waals surface area contributed by atoms with Crippen LogP contribution in [0.1, 0.15) is 60.9 Å². The highest BCUT2D eigenvalue weighted by atomic mass is 32.1. The Morgan fingerprint density at radius 3 is 2.81 bits per heavy atom. The predicted octanol–water partition coefficient (Wildman–Crippen LogP) is 3.81. The molecule has 3 aliphatic carbocycles. The molecule has 138 valence electrons. The number of rotatable bonds is 5. The van der Waals surface area contributed by atoms with Gasteiger partial charge in [0.15, 0.2) is 6.61 Å². The van der Waals surface area contributed by atoms with Crippen LogP contribution in [0.4, 0.5) is 5.00 Å². The van der Waals surface area contributed by atoms with Gasteiger partial charge in [0.25, 0.3) is 5.91 Å². The highest BCUT2D eigenvalue weighted by molar-refractivity contribution is 7.16. The van der Waals surface area contributed by atoms with Crippen LogP contribution in [0.25, 0.3) is 0 Å². The number of aryl methyl sites for hydroxylation is 1. The molecule has 2 saturated carbocycles. The number of esters is 1. The van der Waals surface area contributed by atoms with Crippen molar-refractivity contribution >= 4 is 28.2 Å². The summed E-state index contributed by atoms with van der Waals surface area (Å²) in [5, 5.41) is 12.8. The Kier molecular flexibility index (Phi) is 4.99. The number of thiophene rings is 1. The lowest BCUT2D eigenvalue weighted by atomic mass is 9.86. The number of carbonyl (C=O) groups excluding carboxylic acids is 2. The lowest BCUT2D eigenvalue weighted by molar-refractivity contribution is -0.148. The molecule has 0 spiro atoms. The molecule has 6 heteroatoms. The van der Waals surface area contributed by atoms with E-state index >= 15 is 0 Å². The van der Waals surface area contributed by atoms with E-state index in [0.29, 0.717) is 28.8 Å². The summed E-state index contributed by atoms with van der Waals surface area (Å²) in [7, 11) is 0. The van der Waals surface area contributed by atoms with Gasteiger partial charge in [-0.05, 0) is 68.3 Å². The Morgan fingerprint density at radius 1 is 1.23 bits per heavy atom. The summed E-state index contributed by atoms with van der Waals surface area (Å²) < 4.78 is 5.19. The lowest BCUT2D eigenvalue weighted by Crippen LogP contribution is -2.23. The minimum Gasteiger partial charge on any atom is -0.456 e. The van der Waals surface area contributed by atoms with E-state index in [2.05, 4.69) is 11.4 Å². The largest absolute Gasteiger partial charge is 0.456 e. The average molecular weight is 372 g/mol. The second-order valence-electron chi connectivity index (χ2n) is 7.87. The number of fused-ring (bicyclic) bond motifs is 3. The zero-order valence-electron chi connectivity index (χ0n) is 14.9. The highest BCUT2D eigenvalue weighted by Crippen LogP contribution is 2.49. The van der Waals surface area contributed by atoms with Gasteiger partial charge in [0.05, 0.1) is 5.56 Å². The molecular weight excluding hydrogens is 348 g/mol. The van der Waals surface area contributed by atoms with Crippen LogP contribution in [0.3, 0.4) is 0 Å². The van der Waals surface area contributed by atoms with Gasteiger partial charge in [0.2, 0.25) is 0 Å². The molecule has 1 aromatic heterocycles. The topological polar surface area (TPSA) is 79.2 Å². The van der Waals surface area contributed by atoms with Gasteiger partial charge < -0.3 is 10.1 Å². The Balaban J connectivity index is 1.28. The van der Waals surface area contributed by atoms with Gasteiger partial charge in [-0.25, -0.2) is 0 Å². The molecule has 0 unspecified atom stereocenters. The quantitative estimate of drug-likeness (QED) is 0.797. The van der Waals surface area contributed by atoms with Crippen molar-refractivity contribution in [3.63, 3.8) is 0 Å². The van der Waals surface area contributed by atoms with Gasteiger partial charge in [-0.1, -0.05) is 6.42 Å². The van der Waals surface area contributed by atoms with Crippen molar-refractivity contribution in [2.45, 2.75) is 57.8 Å². The van der Waals surface area contributed by atoms with Crippen LogP contribution in [0.15, 0.2) is 0 Å². The van der Waals surface area contributed by atoms with Gasteiger partial charge in [-0.2, -0.15) is 5.26 Å². The highest BCUT2D eigenvalue weighted by Gasteiger charge is 2.40. The number of anilines is 1. The zero-order valence-corrected chi connectivity index (χ0v) is 15.7. The summed E-state index contributed by atoms with van der Waals surface area (Å²) in [4.78, 5) is 25.4. The molecule has 3 aliphatic rings. The fourth-order valence-corrected chi connectivity index (χ4v) is 6.24. The summed E-state index contributed by atoms with van der Waals surface area (Å²) in [6.07, 6.45) is 9.49. The maximum atomic E-state index is 12.2. The number of carbonyl (C=O) groups is 2.